The van der Waals surface area contributed by atoms with Crippen LogP contribution in [-0.2, 0) is 17.8 Å². The second kappa shape index (κ2) is 11.8. The number of pyridine rings is 1. The largest absolute Gasteiger partial charge is 0.497 e. The van der Waals surface area contributed by atoms with E-state index in [0.29, 0.717) is 53.5 Å². The lowest BCUT2D eigenvalue weighted by atomic mass is 9.73. The fourth-order valence-electron chi connectivity index (χ4n) is 5.36. The maximum absolute atomic E-state index is 12.4. The van der Waals surface area contributed by atoms with Crippen molar-refractivity contribution in [1.82, 2.24) is 9.88 Å². The first-order chi connectivity index (χ1) is 17.5. The number of fused-ring (bicyclic) bond motifs is 1. The van der Waals surface area contributed by atoms with Gasteiger partial charge in [0.25, 0.3) is 0 Å². The van der Waals surface area contributed by atoms with E-state index < -0.39 is 17.5 Å². The van der Waals surface area contributed by atoms with Crippen LogP contribution in [0.4, 0.5) is 0 Å². The number of ether oxygens (including phenoxy) is 1. The number of hydrogen-bond donors (Lipinski definition) is 3. The number of aryl methyl sites for hydroxylation is 1. The molecule has 0 spiro atoms. The van der Waals surface area contributed by atoms with Crippen molar-refractivity contribution in [2.45, 2.75) is 51.2 Å². The summed E-state index contributed by atoms with van der Waals surface area (Å²) in [6.45, 7) is 2.19. The highest BCUT2D eigenvalue weighted by molar-refractivity contribution is 5.85. The van der Waals surface area contributed by atoms with Crippen molar-refractivity contribution in [2.24, 2.45) is 5.41 Å². The fourth-order valence-corrected chi connectivity index (χ4v) is 5.36. The number of hydrogen-bond acceptors (Lipinski definition) is 6. The number of aliphatic hydroxyl groups is 2. The average molecular weight is 493 g/mol. The summed E-state index contributed by atoms with van der Waals surface area (Å²) in [6.07, 6.45) is 4.54. The minimum atomic E-state index is -0.912. The van der Waals surface area contributed by atoms with E-state index in [1.807, 2.05) is 12.1 Å². The Morgan fingerprint density at radius 2 is 1.92 bits per heavy atom. The van der Waals surface area contributed by atoms with Crippen LogP contribution in [0.15, 0.2) is 54.7 Å². The summed E-state index contributed by atoms with van der Waals surface area (Å²) in [7, 11) is 1.57. The third-order valence-corrected chi connectivity index (χ3v) is 7.65. The Hall–Kier alpha value is -3.00. The molecular weight excluding hydrogens is 456 g/mol. The van der Waals surface area contributed by atoms with E-state index in [4.69, 9.17) is 4.74 Å². The number of methoxy groups -OCH3 is 1. The molecule has 0 saturated carbocycles. The van der Waals surface area contributed by atoms with Gasteiger partial charge in [0.2, 0.25) is 0 Å². The summed E-state index contributed by atoms with van der Waals surface area (Å²) in [5.74, 6) is -0.156. The highest BCUT2D eigenvalue weighted by atomic mass is 16.5. The van der Waals surface area contributed by atoms with Gasteiger partial charge < -0.3 is 25.0 Å². The number of carboxylic acid groups (broad SMARTS) is 1. The second-order valence-electron chi connectivity index (χ2n) is 9.81. The van der Waals surface area contributed by atoms with Gasteiger partial charge in [-0.05, 0) is 87.5 Å². The SMILES string of the molecule is COc1ccc2ncc(CO)c([C@H](O)CCC3(C(=O)O)CCN(CCCc4ccccc4)CC3)c2c1. The van der Waals surface area contributed by atoms with E-state index in [1.54, 1.807) is 25.4 Å². The van der Waals surface area contributed by atoms with Crippen LogP contribution in [0.2, 0.25) is 0 Å². The normalized spacial score (nSPS) is 16.6. The predicted octanol–water partition coefficient (Wildman–Crippen LogP) is 4.35. The molecule has 1 aliphatic rings. The molecule has 2 heterocycles. The molecule has 2 aromatic carbocycles. The molecule has 0 radical (unpaired) electrons. The quantitative estimate of drug-likeness (QED) is 0.366. The van der Waals surface area contributed by atoms with E-state index in [-0.39, 0.29) is 6.61 Å². The van der Waals surface area contributed by atoms with Gasteiger partial charge in [0.05, 0.1) is 30.8 Å². The lowest BCUT2D eigenvalue weighted by Gasteiger charge is -2.39. The minimum Gasteiger partial charge on any atom is -0.497 e. The van der Waals surface area contributed by atoms with E-state index in [1.165, 1.54) is 5.56 Å². The topological polar surface area (TPSA) is 103 Å². The average Bonchev–Trinajstić information content (AvgIpc) is 2.92. The molecule has 4 rings (SSSR count). The Bertz CT molecular complexity index is 1150. The molecule has 7 heteroatoms. The smallest absolute Gasteiger partial charge is 0.309 e. The van der Waals surface area contributed by atoms with Gasteiger partial charge in [0, 0.05) is 17.1 Å². The Morgan fingerprint density at radius 1 is 1.17 bits per heavy atom. The van der Waals surface area contributed by atoms with Crippen LogP contribution in [0, 0.1) is 5.41 Å². The van der Waals surface area contributed by atoms with E-state index >= 15 is 0 Å². The van der Waals surface area contributed by atoms with Gasteiger partial charge in [-0.25, -0.2) is 0 Å². The van der Waals surface area contributed by atoms with E-state index in [9.17, 15) is 20.1 Å². The molecule has 0 bridgehead atoms. The summed E-state index contributed by atoms with van der Waals surface area (Å²) in [4.78, 5) is 19.1. The highest BCUT2D eigenvalue weighted by Gasteiger charge is 2.41. The number of carbonyl (C=O) groups is 1. The molecule has 1 fully saturated rings. The zero-order valence-electron chi connectivity index (χ0n) is 20.9. The third-order valence-electron chi connectivity index (χ3n) is 7.65. The minimum absolute atomic E-state index is 0.255. The van der Waals surface area contributed by atoms with Crippen LogP contribution >= 0.6 is 0 Å². The molecule has 1 aliphatic heterocycles. The molecular formula is C29H36N2O5. The van der Waals surface area contributed by atoms with Crippen molar-refractivity contribution in [3.63, 3.8) is 0 Å². The van der Waals surface area contributed by atoms with Gasteiger partial charge in [-0.15, -0.1) is 0 Å². The molecule has 1 aromatic heterocycles. The highest BCUT2D eigenvalue weighted by Crippen LogP contribution is 2.40. The number of likely N-dealkylation sites (tertiary alicyclic amines) is 1. The number of piperidine rings is 1. The Labute approximate surface area is 212 Å². The number of benzene rings is 2. The molecule has 3 N–H and O–H groups in total. The number of nitrogens with zero attached hydrogens (tertiary/aromatic N) is 2. The van der Waals surface area contributed by atoms with Crippen molar-refractivity contribution in [3.05, 3.63) is 71.4 Å². The molecule has 3 aromatic rings. The van der Waals surface area contributed by atoms with Gasteiger partial charge in [0.15, 0.2) is 0 Å². The van der Waals surface area contributed by atoms with E-state index in [0.717, 1.165) is 32.5 Å². The molecule has 192 valence electrons. The Balaban J connectivity index is 1.40. The van der Waals surface area contributed by atoms with Gasteiger partial charge >= 0.3 is 5.97 Å². The van der Waals surface area contributed by atoms with Crippen LogP contribution in [0.3, 0.4) is 0 Å². The number of carboxylic acids is 1. The van der Waals surface area contributed by atoms with Gasteiger partial charge in [-0.1, -0.05) is 30.3 Å². The van der Waals surface area contributed by atoms with Crippen LogP contribution in [0.5, 0.6) is 5.75 Å². The van der Waals surface area contributed by atoms with Crippen molar-refractivity contribution in [2.75, 3.05) is 26.7 Å². The third kappa shape index (κ3) is 5.86. The lowest BCUT2D eigenvalue weighted by molar-refractivity contribution is -0.153. The molecule has 0 amide bonds. The van der Waals surface area contributed by atoms with Crippen LogP contribution in [0.1, 0.15) is 54.9 Å². The predicted molar refractivity (Wildman–Crippen MR) is 139 cm³/mol. The van der Waals surface area contributed by atoms with Crippen LogP contribution in [0.25, 0.3) is 10.9 Å². The monoisotopic (exact) mass is 492 g/mol. The first kappa shape index (κ1) is 26.1. The van der Waals surface area contributed by atoms with Gasteiger partial charge in [-0.3, -0.25) is 9.78 Å². The number of aromatic nitrogens is 1. The maximum atomic E-state index is 12.4. The summed E-state index contributed by atoms with van der Waals surface area (Å²) >= 11 is 0. The van der Waals surface area contributed by atoms with Crippen molar-refractivity contribution < 1.29 is 24.9 Å². The Kier molecular flexibility index (Phi) is 8.56. The zero-order chi connectivity index (χ0) is 25.5. The summed E-state index contributed by atoms with van der Waals surface area (Å²) in [5.41, 5.74) is 2.31. The Morgan fingerprint density at radius 3 is 2.58 bits per heavy atom. The van der Waals surface area contributed by atoms with Crippen molar-refractivity contribution >= 4 is 16.9 Å². The first-order valence-corrected chi connectivity index (χ1v) is 12.7. The van der Waals surface area contributed by atoms with Crippen molar-refractivity contribution in [1.29, 1.82) is 0 Å². The number of aliphatic hydroxyl groups excluding tert-OH is 2. The zero-order valence-corrected chi connectivity index (χ0v) is 20.9. The second-order valence-corrected chi connectivity index (χ2v) is 9.81. The first-order valence-electron chi connectivity index (χ1n) is 12.7. The lowest BCUT2D eigenvalue weighted by Crippen LogP contribution is -2.44. The molecule has 36 heavy (non-hydrogen) atoms. The number of rotatable bonds is 11. The summed E-state index contributed by atoms with van der Waals surface area (Å²) in [6, 6.07) is 15.8. The molecule has 1 atom stereocenters. The molecule has 1 saturated heterocycles. The standard InChI is InChI=1S/C29H36N2O5/c1-36-23-9-10-25-24(18-23)27(22(20-32)19-30-25)26(33)11-12-29(28(34)35)13-16-31(17-14-29)15-5-8-21-6-3-2-4-7-21/h2-4,6-7,9-10,18-19,26,32-33H,5,8,11-17,20H2,1H3,(H,34,35)/t26-/m1/s1. The van der Waals surface area contributed by atoms with Gasteiger partial charge in [0.1, 0.15) is 5.75 Å². The summed E-state index contributed by atoms with van der Waals surface area (Å²) < 4.78 is 5.34. The maximum Gasteiger partial charge on any atom is 0.309 e. The fraction of sp³-hybridized carbons (Fsp3) is 0.448. The van der Waals surface area contributed by atoms with Crippen LogP contribution < -0.4 is 4.74 Å². The molecule has 0 aliphatic carbocycles. The number of aliphatic carboxylic acids is 1. The summed E-state index contributed by atoms with van der Waals surface area (Å²) in [5, 5.41) is 32.0. The van der Waals surface area contributed by atoms with Crippen LogP contribution in [-0.4, -0.2) is 57.9 Å². The molecule has 0 unspecified atom stereocenters. The van der Waals surface area contributed by atoms with Crippen molar-refractivity contribution in [3.8, 4) is 5.75 Å². The molecule has 7 nitrogen and oxygen atoms in total. The van der Waals surface area contributed by atoms with E-state index in [2.05, 4.69) is 34.1 Å². The van der Waals surface area contributed by atoms with Gasteiger partial charge in [-0.2, -0.15) is 0 Å².